The number of furan rings is 1. The molecule has 0 bridgehead atoms. The number of anilines is 6. The van der Waals surface area contributed by atoms with Gasteiger partial charge in [0.05, 0.1) is 5.69 Å². The van der Waals surface area contributed by atoms with Gasteiger partial charge in [0.2, 0.25) is 0 Å². The second kappa shape index (κ2) is 15.8. The molecule has 0 fully saturated rings. The predicted octanol–water partition coefficient (Wildman–Crippen LogP) is 17.9. The van der Waals surface area contributed by atoms with Crippen LogP contribution in [0.5, 0.6) is 0 Å². The summed E-state index contributed by atoms with van der Waals surface area (Å²) in [5.74, 6) is 0. The molecule has 390 valence electrons. The van der Waals surface area contributed by atoms with E-state index < -0.39 is 0 Å². The van der Waals surface area contributed by atoms with Crippen LogP contribution in [0.15, 0.2) is 174 Å². The Bertz CT molecular complexity index is 4290. The van der Waals surface area contributed by atoms with E-state index in [1.54, 1.807) is 0 Å². The molecule has 4 heteroatoms. The average Bonchev–Trinajstić information content (AvgIpc) is 3.24. The van der Waals surface area contributed by atoms with Crippen LogP contribution in [0.3, 0.4) is 0 Å². The van der Waals surface area contributed by atoms with Crippen LogP contribution in [0.4, 0.5) is 34.1 Å². The Morgan fingerprint density at radius 1 is 0.367 bits per heavy atom. The van der Waals surface area contributed by atoms with Gasteiger partial charge in [-0.1, -0.05) is 192 Å². The lowest BCUT2D eigenvalue weighted by Crippen LogP contribution is -2.62. The molecular formula is C75H71BN2O. The first-order valence-electron chi connectivity index (χ1n) is 29.1. The number of nitrogens with zero attached hydrogens (tertiary/aromatic N) is 2. The molecule has 5 aliphatic rings. The van der Waals surface area contributed by atoms with Crippen LogP contribution in [-0.4, -0.2) is 6.71 Å². The van der Waals surface area contributed by atoms with Crippen LogP contribution in [0.1, 0.15) is 157 Å². The zero-order valence-electron chi connectivity index (χ0n) is 48.5. The van der Waals surface area contributed by atoms with Gasteiger partial charge < -0.3 is 14.2 Å². The van der Waals surface area contributed by atoms with Crippen LogP contribution in [0, 0.1) is 6.92 Å². The molecule has 1 aromatic heterocycles. The molecule has 0 spiro atoms. The molecule has 0 saturated carbocycles. The first kappa shape index (κ1) is 48.6. The smallest absolute Gasteiger partial charge is 0.252 e. The zero-order valence-corrected chi connectivity index (χ0v) is 48.5. The van der Waals surface area contributed by atoms with Crippen molar-refractivity contribution in [3.05, 3.63) is 231 Å². The standard InChI is InChI=1S/C75H71BN2O/c1-44-35-65-69-66(36-44)78(62-41-56-55(70(2,3)33-34-71(56,4)5)38-48(62)45-23-15-14-16-24-45)63-39-49-47-25-17-22-30-67(47)79-68(49)43-61(63)76(69)60-40-58-59(75(12,13)53-29-21-20-28-52(53)74(58,10)11)42-64(60)77(65)46-31-32-54-57(37-46)73(8,9)51-27-19-18-26-50(51)72(54,6)7/h14-32,35-43H,33-34H2,1-13H3. The van der Waals surface area contributed by atoms with E-state index in [2.05, 4.69) is 270 Å². The summed E-state index contributed by atoms with van der Waals surface area (Å²) in [6.07, 6.45) is 2.28. The number of rotatable bonds is 3. The fraction of sp³-hybridized carbons (Fsp3) is 0.280. The number of para-hydroxylation sites is 1. The third kappa shape index (κ3) is 6.49. The lowest BCUT2D eigenvalue weighted by molar-refractivity contribution is 0.332. The van der Waals surface area contributed by atoms with E-state index in [-0.39, 0.29) is 39.2 Å². The van der Waals surface area contributed by atoms with Crippen molar-refractivity contribution in [2.75, 3.05) is 9.80 Å². The number of hydrogen-bond donors (Lipinski definition) is 0. The van der Waals surface area contributed by atoms with Gasteiger partial charge in [0.15, 0.2) is 0 Å². The molecule has 0 atom stereocenters. The summed E-state index contributed by atoms with van der Waals surface area (Å²) in [6.45, 7) is 31.6. The van der Waals surface area contributed by atoms with Crippen LogP contribution in [0.2, 0.25) is 0 Å². The monoisotopic (exact) mass is 1030 g/mol. The first-order valence-corrected chi connectivity index (χ1v) is 29.1. The highest BCUT2D eigenvalue weighted by molar-refractivity contribution is 7.00. The van der Waals surface area contributed by atoms with Gasteiger partial charge in [-0.25, -0.2) is 0 Å². The summed E-state index contributed by atoms with van der Waals surface area (Å²) in [5, 5.41) is 2.28. The molecular weight excluding hydrogens is 956 g/mol. The molecule has 3 aliphatic carbocycles. The van der Waals surface area contributed by atoms with Gasteiger partial charge in [-0.05, 0) is 174 Å². The van der Waals surface area contributed by atoms with Gasteiger partial charge in [0.25, 0.3) is 6.71 Å². The van der Waals surface area contributed by atoms with Gasteiger partial charge in [-0.3, -0.25) is 0 Å². The van der Waals surface area contributed by atoms with Crippen molar-refractivity contribution < 1.29 is 4.42 Å². The van der Waals surface area contributed by atoms with Crippen molar-refractivity contribution in [2.45, 2.75) is 135 Å². The largest absolute Gasteiger partial charge is 0.456 e. The minimum absolute atomic E-state index is 0.0178. The molecule has 3 heterocycles. The van der Waals surface area contributed by atoms with Crippen molar-refractivity contribution in [3.63, 3.8) is 0 Å². The van der Waals surface area contributed by atoms with E-state index in [9.17, 15) is 0 Å². The van der Waals surface area contributed by atoms with Gasteiger partial charge in [-0.15, -0.1) is 0 Å². The molecule has 2 aliphatic heterocycles. The molecule has 79 heavy (non-hydrogen) atoms. The molecule has 9 aromatic carbocycles. The maximum absolute atomic E-state index is 6.98. The van der Waals surface area contributed by atoms with Gasteiger partial charge in [-0.2, -0.15) is 0 Å². The maximum Gasteiger partial charge on any atom is 0.252 e. The lowest BCUT2D eigenvalue weighted by atomic mass is 9.33. The summed E-state index contributed by atoms with van der Waals surface area (Å²) < 4.78 is 6.98. The summed E-state index contributed by atoms with van der Waals surface area (Å²) in [4.78, 5) is 5.38. The summed E-state index contributed by atoms with van der Waals surface area (Å²) in [6, 6.07) is 66.2. The van der Waals surface area contributed by atoms with Crippen LogP contribution in [0.25, 0.3) is 33.1 Å². The summed E-state index contributed by atoms with van der Waals surface area (Å²) >= 11 is 0. The normalized spacial score (nSPS) is 18.6. The van der Waals surface area contributed by atoms with Crippen LogP contribution in [-0.2, 0) is 32.5 Å². The number of hydrogen-bond acceptors (Lipinski definition) is 3. The molecule has 3 nitrogen and oxygen atoms in total. The van der Waals surface area contributed by atoms with E-state index in [1.165, 1.54) is 123 Å². The highest BCUT2D eigenvalue weighted by atomic mass is 16.3. The molecule has 0 unspecified atom stereocenters. The van der Waals surface area contributed by atoms with E-state index in [0.29, 0.717) is 0 Å². The SMILES string of the molecule is Cc1cc2c3c(c1)N(c1cc4c(cc1-c1ccccc1)C(C)(C)CCC4(C)C)c1cc4c(cc1B3c1cc3c(cc1N2c1ccc2c(c1)C(C)(C)c1ccccc1C2(C)C)C(C)(C)c1ccccc1C3(C)C)oc1ccccc14. The maximum atomic E-state index is 6.98. The summed E-state index contributed by atoms with van der Waals surface area (Å²) in [7, 11) is 0. The first-order chi connectivity index (χ1) is 37.6. The Kier molecular flexibility index (Phi) is 9.74. The van der Waals surface area contributed by atoms with Crippen molar-refractivity contribution in [1.29, 1.82) is 0 Å². The highest BCUT2D eigenvalue weighted by Crippen LogP contribution is 2.57. The van der Waals surface area contributed by atoms with Crippen LogP contribution < -0.4 is 26.2 Å². The predicted molar refractivity (Wildman–Crippen MR) is 335 cm³/mol. The van der Waals surface area contributed by atoms with Crippen LogP contribution >= 0.6 is 0 Å². The molecule has 0 radical (unpaired) electrons. The molecule has 0 N–H and O–H groups in total. The molecule has 0 amide bonds. The quantitative estimate of drug-likeness (QED) is 0.164. The Morgan fingerprint density at radius 2 is 0.848 bits per heavy atom. The summed E-state index contributed by atoms with van der Waals surface area (Å²) in [5.41, 5.74) is 30.0. The van der Waals surface area contributed by atoms with Gasteiger partial charge in [0, 0.05) is 66.4 Å². The highest BCUT2D eigenvalue weighted by Gasteiger charge is 2.50. The van der Waals surface area contributed by atoms with E-state index >= 15 is 0 Å². The molecule has 0 saturated heterocycles. The Hall–Kier alpha value is -7.56. The zero-order chi connectivity index (χ0) is 54.7. The number of aryl methyl sites for hydroxylation is 1. The topological polar surface area (TPSA) is 19.6 Å². The second-order valence-electron chi connectivity index (χ2n) is 27.7. The third-order valence-corrected chi connectivity index (χ3v) is 20.6. The van der Waals surface area contributed by atoms with Gasteiger partial charge >= 0.3 is 0 Å². The Balaban J connectivity index is 1.09. The van der Waals surface area contributed by atoms with Crippen molar-refractivity contribution in [3.8, 4) is 11.1 Å². The van der Waals surface area contributed by atoms with E-state index in [1.807, 2.05) is 0 Å². The van der Waals surface area contributed by atoms with Crippen molar-refractivity contribution in [1.82, 2.24) is 0 Å². The Morgan fingerprint density at radius 3 is 1.48 bits per heavy atom. The van der Waals surface area contributed by atoms with Crippen molar-refractivity contribution >= 4 is 79.2 Å². The fourth-order valence-corrected chi connectivity index (χ4v) is 16.1. The fourth-order valence-electron chi connectivity index (χ4n) is 16.1. The van der Waals surface area contributed by atoms with E-state index in [4.69, 9.17) is 4.42 Å². The third-order valence-electron chi connectivity index (χ3n) is 20.6. The van der Waals surface area contributed by atoms with E-state index in [0.717, 1.165) is 34.8 Å². The Labute approximate surface area is 468 Å². The minimum atomic E-state index is -0.257. The van der Waals surface area contributed by atoms with Gasteiger partial charge in [0.1, 0.15) is 11.2 Å². The second-order valence-corrected chi connectivity index (χ2v) is 27.7. The lowest BCUT2D eigenvalue weighted by Gasteiger charge is -2.49. The average molecular weight is 1030 g/mol. The minimum Gasteiger partial charge on any atom is -0.456 e. The molecule has 10 aromatic rings. The number of benzene rings is 9. The number of fused-ring (bicyclic) bond motifs is 12. The van der Waals surface area contributed by atoms with Crippen molar-refractivity contribution in [2.24, 2.45) is 0 Å². The molecule has 15 rings (SSSR count).